The van der Waals surface area contributed by atoms with Crippen LogP contribution in [-0.2, 0) is 0 Å². The van der Waals surface area contributed by atoms with E-state index in [9.17, 15) is 8.78 Å². The third kappa shape index (κ3) is 2.56. The molecule has 0 saturated carbocycles. The van der Waals surface area contributed by atoms with E-state index in [1.807, 2.05) is 18.4 Å². The number of halogens is 2. The van der Waals surface area contributed by atoms with Crippen LogP contribution in [0.25, 0.3) is 0 Å². The lowest BCUT2D eigenvalue weighted by atomic mass is 10.2. The molecule has 0 aliphatic carbocycles. The number of ether oxygens (including phenoxy) is 1. The fraction of sp³-hybridized carbons (Fsp3) is 0.0769. The summed E-state index contributed by atoms with van der Waals surface area (Å²) in [6.07, 6.45) is 1.86. The molecule has 2 rings (SSSR count). The van der Waals surface area contributed by atoms with Crippen LogP contribution in [0.15, 0.2) is 41.3 Å². The summed E-state index contributed by atoms with van der Waals surface area (Å²) in [4.78, 5) is 0.799. The van der Waals surface area contributed by atoms with Gasteiger partial charge in [-0.1, -0.05) is 12.1 Å². The summed E-state index contributed by atoms with van der Waals surface area (Å²) < 4.78 is 32.5. The summed E-state index contributed by atoms with van der Waals surface area (Å²) >= 11 is 1.43. The molecule has 0 spiro atoms. The van der Waals surface area contributed by atoms with Crippen LogP contribution in [0.5, 0.6) is 11.5 Å². The molecular weight excluding hydrogens is 256 g/mol. The first-order valence-electron chi connectivity index (χ1n) is 5.17. The predicted octanol–water partition coefficient (Wildman–Crippen LogP) is 4.06. The standard InChI is InChI=1S/C13H11F2NOS/c1-18-12-5-3-2-4-11(12)17-13-9(14)6-8(16)7-10(13)15/h2-7H,16H2,1H3. The van der Waals surface area contributed by atoms with Crippen molar-refractivity contribution >= 4 is 17.4 Å². The highest BCUT2D eigenvalue weighted by molar-refractivity contribution is 7.98. The summed E-state index contributed by atoms with van der Waals surface area (Å²) in [7, 11) is 0. The van der Waals surface area contributed by atoms with Gasteiger partial charge in [0.1, 0.15) is 5.75 Å². The van der Waals surface area contributed by atoms with Gasteiger partial charge in [0.25, 0.3) is 0 Å². The first-order chi connectivity index (χ1) is 8.61. The Bertz CT molecular complexity index is 552. The lowest BCUT2D eigenvalue weighted by Gasteiger charge is -2.11. The third-order valence-electron chi connectivity index (χ3n) is 2.30. The second kappa shape index (κ2) is 5.27. The maximum atomic E-state index is 13.6. The number of anilines is 1. The van der Waals surface area contributed by atoms with Gasteiger partial charge < -0.3 is 10.5 Å². The number of para-hydroxylation sites is 1. The van der Waals surface area contributed by atoms with E-state index in [4.69, 9.17) is 10.5 Å². The highest BCUT2D eigenvalue weighted by Crippen LogP contribution is 2.34. The lowest BCUT2D eigenvalue weighted by molar-refractivity contribution is 0.401. The highest BCUT2D eigenvalue weighted by atomic mass is 32.2. The van der Waals surface area contributed by atoms with Gasteiger partial charge in [-0.2, -0.15) is 0 Å². The minimum Gasteiger partial charge on any atom is -0.450 e. The van der Waals surface area contributed by atoms with E-state index in [2.05, 4.69) is 0 Å². The fourth-order valence-electron chi connectivity index (χ4n) is 1.49. The minimum absolute atomic E-state index is 0.0236. The number of benzene rings is 2. The quantitative estimate of drug-likeness (QED) is 0.672. The van der Waals surface area contributed by atoms with Crippen LogP contribution in [0.1, 0.15) is 0 Å². The van der Waals surface area contributed by atoms with E-state index < -0.39 is 17.4 Å². The van der Waals surface area contributed by atoms with Crippen molar-refractivity contribution < 1.29 is 13.5 Å². The number of rotatable bonds is 3. The molecule has 0 bridgehead atoms. The van der Waals surface area contributed by atoms with Gasteiger partial charge in [-0.3, -0.25) is 0 Å². The molecular formula is C13H11F2NOS. The summed E-state index contributed by atoms with van der Waals surface area (Å²) in [5, 5.41) is 0. The van der Waals surface area contributed by atoms with Crippen molar-refractivity contribution in [3.63, 3.8) is 0 Å². The van der Waals surface area contributed by atoms with E-state index in [0.717, 1.165) is 17.0 Å². The molecule has 0 amide bonds. The van der Waals surface area contributed by atoms with Crippen molar-refractivity contribution in [2.24, 2.45) is 0 Å². The van der Waals surface area contributed by atoms with E-state index in [-0.39, 0.29) is 5.69 Å². The van der Waals surface area contributed by atoms with Gasteiger partial charge in [-0.25, -0.2) is 8.78 Å². The van der Waals surface area contributed by atoms with Crippen LogP contribution in [0.4, 0.5) is 14.5 Å². The van der Waals surface area contributed by atoms with Crippen LogP contribution in [-0.4, -0.2) is 6.26 Å². The van der Waals surface area contributed by atoms with Crippen molar-refractivity contribution in [2.75, 3.05) is 12.0 Å². The van der Waals surface area contributed by atoms with Gasteiger partial charge in [-0.05, 0) is 18.4 Å². The molecule has 2 N–H and O–H groups in total. The van der Waals surface area contributed by atoms with Crippen LogP contribution in [0, 0.1) is 11.6 Å². The number of thioether (sulfide) groups is 1. The third-order valence-corrected chi connectivity index (χ3v) is 3.08. The summed E-state index contributed by atoms with van der Waals surface area (Å²) in [5.41, 5.74) is 5.36. The van der Waals surface area contributed by atoms with Gasteiger partial charge in [0.15, 0.2) is 17.4 Å². The number of nitrogen functional groups attached to an aromatic ring is 1. The van der Waals surface area contributed by atoms with E-state index in [0.29, 0.717) is 5.75 Å². The van der Waals surface area contributed by atoms with Gasteiger partial charge >= 0.3 is 0 Å². The summed E-state index contributed by atoms with van der Waals surface area (Å²) in [6, 6.07) is 9.09. The van der Waals surface area contributed by atoms with Crippen molar-refractivity contribution in [1.29, 1.82) is 0 Å². The van der Waals surface area contributed by atoms with Crippen molar-refractivity contribution in [3.05, 3.63) is 48.0 Å². The lowest BCUT2D eigenvalue weighted by Crippen LogP contribution is -1.96. The Morgan fingerprint density at radius 1 is 1.11 bits per heavy atom. The van der Waals surface area contributed by atoms with Crippen molar-refractivity contribution in [1.82, 2.24) is 0 Å². The Balaban J connectivity index is 2.40. The molecule has 0 saturated heterocycles. The van der Waals surface area contributed by atoms with Gasteiger partial charge in [0.2, 0.25) is 0 Å². The average molecular weight is 267 g/mol. The van der Waals surface area contributed by atoms with Crippen molar-refractivity contribution in [3.8, 4) is 11.5 Å². The molecule has 0 aliphatic heterocycles. The molecule has 0 fully saturated rings. The van der Waals surface area contributed by atoms with E-state index in [1.165, 1.54) is 11.8 Å². The molecule has 5 heteroatoms. The Morgan fingerprint density at radius 3 is 2.33 bits per heavy atom. The topological polar surface area (TPSA) is 35.2 Å². The molecule has 0 aliphatic rings. The molecule has 2 aromatic rings. The molecule has 0 aromatic heterocycles. The van der Waals surface area contributed by atoms with Gasteiger partial charge in [0.05, 0.1) is 0 Å². The molecule has 0 atom stereocenters. The zero-order valence-electron chi connectivity index (χ0n) is 9.61. The van der Waals surface area contributed by atoms with Gasteiger partial charge in [-0.15, -0.1) is 11.8 Å². The maximum absolute atomic E-state index is 13.6. The Kier molecular flexibility index (Phi) is 3.72. The maximum Gasteiger partial charge on any atom is 0.198 e. The Morgan fingerprint density at radius 2 is 1.72 bits per heavy atom. The molecule has 0 radical (unpaired) electrons. The zero-order valence-corrected chi connectivity index (χ0v) is 10.4. The molecule has 0 unspecified atom stereocenters. The summed E-state index contributed by atoms with van der Waals surface area (Å²) in [6.45, 7) is 0. The number of hydrogen-bond donors (Lipinski definition) is 1. The smallest absolute Gasteiger partial charge is 0.198 e. The molecule has 0 heterocycles. The van der Waals surface area contributed by atoms with Gasteiger partial charge in [0, 0.05) is 22.7 Å². The average Bonchev–Trinajstić information content (AvgIpc) is 2.34. The Labute approximate surface area is 108 Å². The second-order valence-electron chi connectivity index (χ2n) is 3.57. The molecule has 2 nitrogen and oxygen atoms in total. The largest absolute Gasteiger partial charge is 0.450 e. The van der Waals surface area contributed by atoms with Crippen LogP contribution in [0.3, 0.4) is 0 Å². The number of hydrogen-bond acceptors (Lipinski definition) is 3. The predicted molar refractivity (Wildman–Crippen MR) is 69.1 cm³/mol. The normalized spacial score (nSPS) is 10.4. The monoisotopic (exact) mass is 267 g/mol. The van der Waals surface area contributed by atoms with Crippen LogP contribution < -0.4 is 10.5 Å². The SMILES string of the molecule is CSc1ccccc1Oc1c(F)cc(N)cc1F. The van der Waals surface area contributed by atoms with Crippen LogP contribution in [0.2, 0.25) is 0 Å². The molecule has 94 valence electrons. The van der Waals surface area contributed by atoms with E-state index in [1.54, 1.807) is 12.1 Å². The second-order valence-corrected chi connectivity index (χ2v) is 4.41. The minimum atomic E-state index is -0.816. The number of nitrogens with two attached hydrogens (primary N) is 1. The molecule has 18 heavy (non-hydrogen) atoms. The first kappa shape index (κ1) is 12.7. The fourth-order valence-corrected chi connectivity index (χ4v) is 2.02. The Hall–Kier alpha value is -1.75. The summed E-state index contributed by atoms with van der Waals surface area (Å²) in [5.74, 6) is -1.66. The first-order valence-corrected chi connectivity index (χ1v) is 6.39. The van der Waals surface area contributed by atoms with Crippen LogP contribution >= 0.6 is 11.8 Å². The van der Waals surface area contributed by atoms with E-state index >= 15 is 0 Å². The highest BCUT2D eigenvalue weighted by Gasteiger charge is 2.14. The molecule has 2 aromatic carbocycles. The zero-order chi connectivity index (χ0) is 13.1. The van der Waals surface area contributed by atoms with Crippen molar-refractivity contribution in [2.45, 2.75) is 4.90 Å².